The summed E-state index contributed by atoms with van der Waals surface area (Å²) in [6.45, 7) is 1.47. The number of carbonyl (C=O) groups excluding carboxylic acids is 11. The number of amides is 11. The lowest BCUT2D eigenvalue weighted by molar-refractivity contribution is -0.142. The van der Waals surface area contributed by atoms with Crippen molar-refractivity contribution in [1.82, 2.24) is 58.5 Å². The normalized spacial score (nSPS) is 14.9. The third-order valence-corrected chi connectivity index (χ3v) is 15.7. The molecule has 0 radical (unpaired) electrons. The van der Waals surface area contributed by atoms with Gasteiger partial charge in [-0.2, -0.15) is 0 Å². The molecule has 0 unspecified atom stereocenters. The summed E-state index contributed by atoms with van der Waals surface area (Å²) in [7, 11) is 0. The van der Waals surface area contributed by atoms with Gasteiger partial charge in [-0.3, -0.25) is 52.7 Å². The highest BCUT2D eigenvalue weighted by Crippen LogP contribution is 2.12. The second-order valence-corrected chi connectivity index (χ2v) is 23.8. The summed E-state index contributed by atoms with van der Waals surface area (Å²) >= 11 is 0. The lowest BCUT2D eigenvalue weighted by Gasteiger charge is -2.28. The lowest BCUT2D eigenvalue weighted by Crippen LogP contribution is -2.61. The second kappa shape index (κ2) is 55.1. The van der Waals surface area contributed by atoms with Crippen molar-refractivity contribution >= 4 is 70.9 Å². The van der Waals surface area contributed by atoms with Crippen molar-refractivity contribution in [2.24, 2.45) is 74.5 Å². The van der Waals surface area contributed by atoms with Crippen LogP contribution in [-0.4, -0.2) is 227 Å². The Hall–Kier alpha value is -6.88. The van der Waals surface area contributed by atoms with Crippen LogP contribution in [0.2, 0.25) is 0 Å². The van der Waals surface area contributed by atoms with E-state index in [1.807, 2.05) is 0 Å². The van der Waals surface area contributed by atoms with Gasteiger partial charge in [0.15, 0.2) is 0 Å². The van der Waals surface area contributed by atoms with Crippen LogP contribution < -0.4 is 133 Å². The van der Waals surface area contributed by atoms with E-state index in [4.69, 9.17) is 74.5 Å². The average molecular weight is 1390 g/mol. The van der Waals surface area contributed by atoms with Gasteiger partial charge in [0.25, 0.3) is 0 Å². The Labute approximate surface area is 569 Å². The molecular formula is C60H122N24O13. The number of carbonyl (C=O) groups is 12. The first-order chi connectivity index (χ1) is 46.4. The van der Waals surface area contributed by atoms with Gasteiger partial charge in [-0.05, 0) is 233 Å². The number of rotatable bonds is 59. The van der Waals surface area contributed by atoms with Gasteiger partial charge in [0, 0.05) is 0 Å². The molecule has 0 bridgehead atoms. The molecule has 0 aliphatic carbocycles. The average Bonchev–Trinajstić information content (AvgIpc) is 0.894. The third kappa shape index (κ3) is 38.2. The van der Waals surface area contributed by atoms with Crippen LogP contribution >= 0.6 is 0 Å². The standard InChI is InChI=1S/C60H122N24O13/c61-25-1-13-37(73)49(85)74-38(14-2-26-62)50(86)75-39(15-3-27-63)51(87)76-40(16-4-28-64)52(88)77-41(17-5-29-65)53(89)78-42(18-6-30-66)54(90)79-43(19-7-31-67)55(91)80-44(20-8-32-68)56(92)81-45(21-9-33-69)57(93)82-46(22-10-34-70)58(94)83-47(23-11-35-71)59(95)84-48(60(96)97)24-12-36-72/h37-48H,1-36,61-73H2,(H,74,85)(H,75,86)(H,76,87)(H,77,88)(H,78,89)(H,79,90)(H,80,91)(H,81,92)(H,82,93)(H,83,94)(H,84,95)(H,96,97)/t37-,38-,39-,40-,41-,42-,43-,44-,45-,46-,47-,48-/m0/s1. The minimum Gasteiger partial charge on any atom is -0.480 e. The van der Waals surface area contributed by atoms with Crippen molar-refractivity contribution in [3.8, 4) is 0 Å². The van der Waals surface area contributed by atoms with Gasteiger partial charge in [-0.15, -0.1) is 0 Å². The number of hydrogen-bond acceptors (Lipinski definition) is 25. The number of carboxylic acid groups (broad SMARTS) is 1. The molecule has 37 heteroatoms. The summed E-state index contributed by atoms with van der Waals surface area (Å²) in [5.41, 5.74) is 75.4. The molecule has 38 N–H and O–H groups in total. The molecular weight excluding hydrogens is 1260 g/mol. The van der Waals surface area contributed by atoms with Crippen LogP contribution in [0.25, 0.3) is 0 Å². The highest BCUT2D eigenvalue weighted by atomic mass is 16.4. The fourth-order valence-electron chi connectivity index (χ4n) is 9.96. The van der Waals surface area contributed by atoms with Gasteiger partial charge in [-0.1, -0.05) is 0 Å². The summed E-state index contributed by atoms with van der Waals surface area (Å²) in [5, 5.41) is 38.8. The maximum atomic E-state index is 14.4. The monoisotopic (exact) mass is 1390 g/mol. The summed E-state index contributed by atoms with van der Waals surface area (Å²) in [4.78, 5) is 166. The Morgan fingerprint density at radius 2 is 0.309 bits per heavy atom. The molecule has 0 heterocycles. The van der Waals surface area contributed by atoms with E-state index >= 15 is 0 Å². The molecule has 0 aliphatic rings. The van der Waals surface area contributed by atoms with Crippen LogP contribution in [0.5, 0.6) is 0 Å². The van der Waals surface area contributed by atoms with Crippen LogP contribution in [0.15, 0.2) is 0 Å². The lowest BCUT2D eigenvalue weighted by atomic mass is 10.0. The van der Waals surface area contributed by atoms with Crippen LogP contribution in [0.4, 0.5) is 0 Å². The number of nitrogens with one attached hydrogen (secondary N) is 11. The fraction of sp³-hybridized carbons (Fsp3) is 0.800. The second-order valence-electron chi connectivity index (χ2n) is 23.8. The van der Waals surface area contributed by atoms with Crippen molar-refractivity contribution in [1.29, 1.82) is 0 Å². The highest BCUT2D eigenvalue weighted by molar-refractivity contribution is 5.99. The third-order valence-electron chi connectivity index (χ3n) is 15.7. The van der Waals surface area contributed by atoms with E-state index in [2.05, 4.69) is 58.5 Å². The smallest absolute Gasteiger partial charge is 0.326 e. The molecule has 0 aromatic rings. The Morgan fingerprint density at radius 3 is 0.443 bits per heavy atom. The molecule has 11 amide bonds. The van der Waals surface area contributed by atoms with Crippen molar-refractivity contribution < 1.29 is 62.6 Å². The van der Waals surface area contributed by atoms with E-state index in [0.29, 0.717) is 25.8 Å². The predicted octanol–water partition coefficient (Wildman–Crippen LogP) is -9.40. The van der Waals surface area contributed by atoms with E-state index in [0.717, 1.165) is 0 Å². The summed E-state index contributed by atoms with van der Waals surface area (Å²) in [5.74, 6) is -10.1. The van der Waals surface area contributed by atoms with Gasteiger partial charge < -0.3 is 138 Å². The molecule has 0 fully saturated rings. The fourth-order valence-corrected chi connectivity index (χ4v) is 9.96. The molecule has 0 spiro atoms. The molecule has 0 aliphatic heterocycles. The SMILES string of the molecule is NCCC[C@H](NC(=O)[C@H](CCCN)NC(=O)[C@H](CCCN)NC(=O)[C@H](CCCN)NC(=O)[C@H](CCCN)NC(=O)[C@H](CCCN)NC(=O)[C@H](CCCN)NC(=O)[C@H](CCCN)NC(=O)[C@H](CCCN)NC(=O)[C@H](CCCN)NC(=O)[C@H](CCCN)NC(=O)[C@@H](N)CCCN)C(=O)O. The Morgan fingerprint density at radius 1 is 0.196 bits per heavy atom. The number of nitrogens with two attached hydrogens (primary N) is 13. The molecule has 0 aromatic heterocycles. The maximum absolute atomic E-state index is 14.4. The molecule has 560 valence electrons. The van der Waals surface area contributed by atoms with Gasteiger partial charge in [0.2, 0.25) is 65.0 Å². The Kier molecular flexibility index (Phi) is 51.1. The minimum atomic E-state index is -1.38. The zero-order chi connectivity index (χ0) is 73.1. The Bertz CT molecular complexity index is 2340. The number of carboxylic acids is 1. The van der Waals surface area contributed by atoms with E-state index in [1.54, 1.807) is 0 Å². The first-order valence-corrected chi connectivity index (χ1v) is 34.2. The largest absolute Gasteiger partial charge is 0.480 e. The highest BCUT2D eigenvalue weighted by Gasteiger charge is 2.37. The zero-order valence-corrected chi connectivity index (χ0v) is 56.7. The van der Waals surface area contributed by atoms with Gasteiger partial charge in [0.1, 0.15) is 66.5 Å². The van der Waals surface area contributed by atoms with Gasteiger partial charge in [0.05, 0.1) is 6.04 Å². The number of aliphatic carboxylic acids is 1. The molecule has 37 nitrogen and oxygen atoms in total. The minimum absolute atomic E-state index is 0.0179. The molecule has 97 heavy (non-hydrogen) atoms. The summed E-state index contributed by atoms with van der Waals surface area (Å²) in [6, 6.07) is -15.4. The molecule has 0 saturated carbocycles. The van der Waals surface area contributed by atoms with Gasteiger partial charge in [-0.25, -0.2) is 4.79 Å². The van der Waals surface area contributed by atoms with Crippen LogP contribution in [0.1, 0.15) is 154 Å². The molecule has 0 aromatic carbocycles. The van der Waals surface area contributed by atoms with E-state index in [1.165, 1.54) is 0 Å². The van der Waals surface area contributed by atoms with E-state index in [-0.39, 0.29) is 207 Å². The summed E-state index contributed by atoms with van der Waals surface area (Å²) < 4.78 is 0. The first-order valence-electron chi connectivity index (χ1n) is 34.2. The quantitative estimate of drug-likeness (QED) is 0.0269. The maximum Gasteiger partial charge on any atom is 0.326 e. The Balaban J connectivity index is 6.91. The first kappa shape index (κ1) is 90.1. The van der Waals surface area contributed by atoms with Crippen LogP contribution in [0.3, 0.4) is 0 Å². The number of hydrogen-bond donors (Lipinski definition) is 25. The summed E-state index contributed by atoms with van der Waals surface area (Å²) in [6.07, 6.45) is 3.14. The van der Waals surface area contributed by atoms with Crippen molar-refractivity contribution in [2.75, 3.05) is 78.5 Å². The topological polar surface area (TPSA) is 696 Å². The van der Waals surface area contributed by atoms with Crippen molar-refractivity contribution in [2.45, 2.75) is 227 Å². The van der Waals surface area contributed by atoms with E-state index < -0.39 is 143 Å². The molecule has 12 atom stereocenters. The molecule has 0 saturated heterocycles. The molecule has 0 rings (SSSR count). The van der Waals surface area contributed by atoms with E-state index in [9.17, 15) is 62.6 Å². The van der Waals surface area contributed by atoms with Crippen molar-refractivity contribution in [3.05, 3.63) is 0 Å². The van der Waals surface area contributed by atoms with Crippen LogP contribution in [-0.2, 0) is 57.5 Å². The van der Waals surface area contributed by atoms with Crippen molar-refractivity contribution in [3.63, 3.8) is 0 Å². The predicted molar refractivity (Wildman–Crippen MR) is 366 cm³/mol. The van der Waals surface area contributed by atoms with Crippen LogP contribution in [0, 0.1) is 0 Å². The zero-order valence-electron chi connectivity index (χ0n) is 56.7. The van der Waals surface area contributed by atoms with Gasteiger partial charge >= 0.3 is 5.97 Å².